The van der Waals surface area contributed by atoms with Gasteiger partial charge in [0.2, 0.25) is 5.75 Å². The average molecular weight is 378 g/mol. The number of hydrogen-bond donors (Lipinski definition) is 0. The van der Waals surface area contributed by atoms with Crippen molar-refractivity contribution in [2.24, 2.45) is 0 Å². The second-order valence-electron chi connectivity index (χ2n) is 6.53. The zero-order valence-electron chi connectivity index (χ0n) is 16.0. The lowest BCUT2D eigenvalue weighted by Crippen LogP contribution is -2.52. The Labute approximate surface area is 158 Å². The van der Waals surface area contributed by atoms with Gasteiger partial charge in [-0.2, -0.15) is 0 Å². The minimum Gasteiger partial charge on any atom is -0.493 e. The molecule has 8 nitrogen and oxygen atoms in total. The predicted molar refractivity (Wildman–Crippen MR) is 97.6 cm³/mol. The minimum absolute atomic E-state index is 0.0346. The first kappa shape index (κ1) is 19.3. The van der Waals surface area contributed by atoms with E-state index >= 15 is 0 Å². The van der Waals surface area contributed by atoms with Crippen molar-refractivity contribution in [3.8, 4) is 17.2 Å². The Morgan fingerprint density at radius 1 is 0.963 bits per heavy atom. The Balaban J connectivity index is 1.68. The number of piperazine rings is 1. The molecular formula is C19H26N2O6. The summed E-state index contributed by atoms with van der Waals surface area (Å²) in [5.41, 5.74) is 0.461. The molecule has 0 radical (unpaired) electrons. The molecule has 0 aromatic heterocycles. The van der Waals surface area contributed by atoms with Gasteiger partial charge in [-0.25, -0.2) is 0 Å². The predicted octanol–water partition coefficient (Wildman–Crippen LogP) is 1.18. The third-order valence-electron chi connectivity index (χ3n) is 5.00. The maximum atomic E-state index is 12.9. The van der Waals surface area contributed by atoms with Crippen molar-refractivity contribution in [3.63, 3.8) is 0 Å². The molecule has 1 atom stereocenters. The first-order chi connectivity index (χ1) is 13.1. The Kier molecular flexibility index (Phi) is 6.05. The van der Waals surface area contributed by atoms with Gasteiger partial charge in [0.1, 0.15) is 6.10 Å². The molecule has 0 bridgehead atoms. The van der Waals surface area contributed by atoms with Gasteiger partial charge < -0.3 is 28.7 Å². The van der Waals surface area contributed by atoms with Gasteiger partial charge in [-0.3, -0.25) is 9.59 Å². The summed E-state index contributed by atoms with van der Waals surface area (Å²) in [6.07, 6.45) is 1.39. The fraction of sp³-hybridized carbons (Fsp3) is 0.579. The number of methoxy groups -OCH3 is 3. The van der Waals surface area contributed by atoms with E-state index in [0.29, 0.717) is 55.6 Å². The van der Waals surface area contributed by atoms with E-state index in [1.54, 1.807) is 21.9 Å². The van der Waals surface area contributed by atoms with Gasteiger partial charge in [-0.15, -0.1) is 0 Å². The highest BCUT2D eigenvalue weighted by molar-refractivity contribution is 5.96. The van der Waals surface area contributed by atoms with Crippen molar-refractivity contribution in [2.75, 3.05) is 54.1 Å². The quantitative estimate of drug-likeness (QED) is 0.766. The third-order valence-corrected chi connectivity index (χ3v) is 5.00. The Hall–Kier alpha value is -2.48. The van der Waals surface area contributed by atoms with Gasteiger partial charge in [0.05, 0.1) is 21.3 Å². The summed E-state index contributed by atoms with van der Waals surface area (Å²) >= 11 is 0. The van der Waals surface area contributed by atoms with Gasteiger partial charge in [0.15, 0.2) is 11.5 Å². The zero-order valence-corrected chi connectivity index (χ0v) is 16.0. The van der Waals surface area contributed by atoms with E-state index < -0.39 is 0 Å². The number of amides is 2. The SMILES string of the molecule is COc1cc(C(=O)N2CCN(C(=O)C3CCCO3)CC2)cc(OC)c1OC. The van der Waals surface area contributed by atoms with Crippen LogP contribution in [0.1, 0.15) is 23.2 Å². The number of carbonyl (C=O) groups is 2. The van der Waals surface area contributed by atoms with Gasteiger partial charge >= 0.3 is 0 Å². The second-order valence-corrected chi connectivity index (χ2v) is 6.53. The molecule has 2 heterocycles. The van der Waals surface area contributed by atoms with Gasteiger partial charge in [0, 0.05) is 38.3 Å². The van der Waals surface area contributed by atoms with E-state index in [0.717, 1.165) is 12.8 Å². The molecule has 2 aliphatic heterocycles. The van der Waals surface area contributed by atoms with Crippen molar-refractivity contribution < 1.29 is 28.5 Å². The molecule has 2 amide bonds. The lowest BCUT2D eigenvalue weighted by Gasteiger charge is -2.35. The van der Waals surface area contributed by atoms with E-state index in [-0.39, 0.29) is 17.9 Å². The molecule has 0 N–H and O–H groups in total. The van der Waals surface area contributed by atoms with Crippen molar-refractivity contribution in [3.05, 3.63) is 17.7 Å². The summed E-state index contributed by atoms with van der Waals surface area (Å²) in [7, 11) is 4.55. The molecule has 0 saturated carbocycles. The standard InChI is InChI=1S/C19H26N2O6/c1-24-15-11-13(12-16(25-2)17(15)26-3)18(22)20-6-8-21(9-7-20)19(23)14-5-4-10-27-14/h11-12,14H,4-10H2,1-3H3. The second kappa shape index (κ2) is 8.47. The van der Waals surface area contributed by atoms with Crippen LogP contribution in [0.2, 0.25) is 0 Å². The van der Waals surface area contributed by atoms with Crippen LogP contribution in [-0.4, -0.2) is 81.8 Å². The van der Waals surface area contributed by atoms with Crippen LogP contribution in [0.25, 0.3) is 0 Å². The Morgan fingerprint density at radius 3 is 2.04 bits per heavy atom. The van der Waals surface area contributed by atoms with Gasteiger partial charge in [-0.1, -0.05) is 0 Å². The highest BCUT2D eigenvalue weighted by Gasteiger charge is 2.32. The zero-order chi connectivity index (χ0) is 19.4. The molecule has 0 aliphatic carbocycles. The van der Waals surface area contributed by atoms with E-state index in [4.69, 9.17) is 18.9 Å². The molecule has 27 heavy (non-hydrogen) atoms. The molecule has 148 valence electrons. The minimum atomic E-state index is -0.317. The Bertz CT molecular complexity index is 668. The van der Waals surface area contributed by atoms with Gasteiger partial charge in [0.25, 0.3) is 11.8 Å². The summed E-state index contributed by atoms with van der Waals surface area (Å²) in [6.45, 7) is 2.63. The molecule has 1 aromatic carbocycles. The molecule has 1 unspecified atom stereocenters. The lowest BCUT2D eigenvalue weighted by atomic mass is 10.1. The highest BCUT2D eigenvalue weighted by atomic mass is 16.5. The maximum absolute atomic E-state index is 12.9. The fourth-order valence-corrected chi connectivity index (χ4v) is 3.49. The highest BCUT2D eigenvalue weighted by Crippen LogP contribution is 2.38. The van der Waals surface area contributed by atoms with Crippen LogP contribution in [0, 0.1) is 0 Å². The summed E-state index contributed by atoms with van der Waals surface area (Å²) < 4.78 is 21.4. The lowest BCUT2D eigenvalue weighted by molar-refractivity contribution is -0.142. The van der Waals surface area contributed by atoms with Crippen LogP contribution in [0.15, 0.2) is 12.1 Å². The van der Waals surface area contributed by atoms with E-state index in [9.17, 15) is 9.59 Å². The molecule has 2 aliphatic rings. The van der Waals surface area contributed by atoms with Crippen molar-refractivity contribution in [1.82, 2.24) is 9.80 Å². The molecule has 2 fully saturated rings. The molecule has 2 saturated heterocycles. The average Bonchev–Trinajstić information content (AvgIpc) is 3.26. The van der Waals surface area contributed by atoms with E-state index in [1.807, 2.05) is 0 Å². The smallest absolute Gasteiger partial charge is 0.254 e. The van der Waals surface area contributed by atoms with E-state index in [2.05, 4.69) is 0 Å². The molecule has 1 aromatic rings. The molecular weight excluding hydrogens is 352 g/mol. The maximum Gasteiger partial charge on any atom is 0.254 e. The summed E-state index contributed by atoms with van der Waals surface area (Å²) in [5, 5.41) is 0. The van der Waals surface area contributed by atoms with E-state index in [1.165, 1.54) is 21.3 Å². The first-order valence-electron chi connectivity index (χ1n) is 9.08. The van der Waals surface area contributed by atoms with Crippen LogP contribution >= 0.6 is 0 Å². The number of carbonyl (C=O) groups excluding carboxylic acids is 2. The summed E-state index contributed by atoms with van der Waals surface area (Å²) in [6, 6.07) is 3.29. The van der Waals surface area contributed by atoms with Crippen LogP contribution in [0.3, 0.4) is 0 Å². The number of ether oxygens (including phenoxy) is 4. The van der Waals surface area contributed by atoms with Crippen molar-refractivity contribution >= 4 is 11.8 Å². The molecule has 8 heteroatoms. The Morgan fingerprint density at radius 2 is 1.56 bits per heavy atom. The summed E-state index contributed by atoms with van der Waals surface area (Å²) in [4.78, 5) is 28.9. The van der Waals surface area contributed by atoms with Crippen LogP contribution in [-0.2, 0) is 9.53 Å². The number of rotatable bonds is 5. The van der Waals surface area contributed by atoms with Crippen molar-refractivity contribution in [2.45, 2.75) is 18.9 Å². The number of benzene rings is 1. The number of hydrogen-bond acceptors (Lipinski definition) is 6. The number of nitrogens with zero attached hydrogens (tertiary/aromatic N) is 2. The van der Waals surface area contributed by atoms with Crippen LogP contribution < -0.4 is 14.2 Å². The monoisotopic (exact) mass is 378 g/mol. The normalized spacial score (nSPS) is 19.7. The molecule has 0 spiro atoms. The van der Waals surface area contributed by atoms with Crippen LogP contribution in [0.5, 0.6) is 17.2 Å². The fourth-order valence-electron chi connectivity index (χ4n) is 3.49. The largest absolute Gasteiger partial charge is 0.493 e. The topological polar surface area (TPSA) is 77.5 Å². The van der Waals surface area contributed by atoms with Gasteiger partial charge in [-0.05, 0) is 25.0 Å². The summed E-state index contributed by atoms with van der Waals surface area (Å²) in [5.74, 6) is 1.23. The van der Waals surface area contributed by atoms with Crippen LogP contribution in [0.4, 0.5) is 0 Å². The first-order valence-corrected chi connectivity index (χ1v) is 9.08. The third kappa shape index (κ3) is 3.95. The van der Waals surface area contributed by atoms with Crippen molar-refractivity contribution in [1.29, 1.82) is 0 Å². The molecule has 3 rings (SSSR count).